The van der Waals surface area contributed by atoms with Crippen LogP contribution in [-0.4, -0.2) is 31.3 Å². The second-order valence-corrected chi connectivity index (χ2v) is 6.85. The van der Waals surface area contributed by atoms with Gasteiger partial charge in [-0.2, -0.15) is 5.10 Å². The Morgan fingerprint density at radius 2 is 1.87 bits per heavy atom. The molecule has 30 heavy (non-hydrogen) atoms. The summed E-state index contributed by atoms with van der Waals surface area (Å²) in [6, 6.07) is 17.5. The van der Waals surface area contributed by atoms with Gasteiger partial charge in [-0.05, 0) is 54.3 Å². The number of rotatable bonds is 9. The largest absolute Gasteiger partial charge is 0.490 e. The fourth-order valence-electron chi connectivity index (χ4n) is 2.38. The average Bonchev–Trinajstić information content (AvgIpc) is 3.30. The van der Waals surface area contributed by atoms with Crippen molar-refractivity contribution >= 4 is 29.4 Å². The third kappa shape index (κ3) is 6.18. The molecule has 0 fully saturated rings. The highest BCUT2D eigenvalue weighted by Gasteiger charge is 2.14. The topological polar surface area (TPSA) is 86.2 Å². The molecule has 0 unspecified atom stereocenters. The third-order valence-corrected chi connectivity index (χ3v) is 4.56. The lowest BCUT2D eigenvalue weighted by Crippen LogP contribution is -2.24. The molecule has 0 saturated carbocycles. The lowest BCUT2D eigenvalue weighted by Gasteiger charge is -2.10. The summed E-state index contributed by atoms with van der Waals surface area (Å²) in [4.78, 5) is 24.5. The molecule has 0 aliphatic heterocycles. The first-order valence-corrected chi connectivity index (χ1v) is 10.1. The van der Waals surface area contributed by atoms with Crippen LogP contribution in [0.25, 0.3) is 0 Å². The van der Waals surface area contributed by atoms with Gasteiger partial charge in [-0.3, -0.25) is 4.79 Å². The quantitative estimate of drug-likeness (QED) is 0.244. The number of amides is 1. The first kappa shape index (κ1) is 21.1. The molecule has 1 amide bonds. The van der Waals surface area contributed by atoms with Gasteiger partial charge in [-0.15, -0.1) is 11.3 Å². The zero-order chi connectivity index (χ0) is 21.2. The Morgan fingerprint density at radius 3 is 2.60 bits per heavy atom. The SMILES string of the molecule is CCOc1cc(/C=N\NC(=O)COc2ccccc2)ccc1OC(=O)c1cccs1. The molecule has 0 saturated heterocycles. The predicted octanol–water partition coefficient (Wildman–Crippen LogP) is 3.90. The minimum absolute atomic E-state index is 0.150. The van der Waals surface area contributed by atoms with Crippen molar-refractivity contribution in [3.63, 3.8) is 0 Å². The zero-order valence-electron chi connectivity index (χ0n) is 16.2. The maximum Gasteiger partial charge on any atom is 0.353 e. The van der Waals surface area contributed by atoms with E-state index >= 15 is 0 Å². The molecule has 1 heterocycles. The van der Waals surface area contributed by atoms with Crippen molar-refractivity contribution in [3.8, 4) is 17.2 Å². The lowest BCUT2D eigenvalue weighted by atomic mass is 10.2. The molecule has 8 heteroatoms. The van der Waals surface area contributed by atoms with Crippen molar-refractivity contribution in [3.05, 3.63) is 76.5 Å². The summed E-state index contributed by atoms with van der Waals surface area (Å²) in [5.74, 6) is 0.489. The van der Waals surface area contributed by atoms with Crippen LogP contribution >= 0.6 is 11.3 Å². The summed E-state index contributed by atoms with van der Waals surface area (Å²) >= 11 is 1.30. The van der Waals surface area contributed by atoms with Gasteiger partial charge < -0.3 is 14.2 Å². The van der Waals surface area contributed by atoms with Crippen LogP contribution in [-0.2, 0) is 4.79 Å². The van der Waals surface area contributed by atoms with Crippen LogP contribution in [0.4, 0.5) is 0 Å². The van der Waals surface area contributed by atoms with E-state index < -0.39 is 5.97 Å². The molecule has 0 radical (unpaired) electrons. The second-order valence-electron chi connectivity index (χ2n) is 5.90. The Hall–Kier alpha value is -3.65. The number of carbonyl (C=O) groups is 2. The van der Waals surface area contributed by atoms with Crippen LogP contribution < -0.4 is 19.6 Å². The average molecular weight is 424 g/mol. The van der Waals surface area contributed by atoms with E-state index in [4.69, 9.17) is 14.2 Å². The van der Waals surface area contributed by atoms with Crippen molar-refractivity contribution in [1.82, 2.24) is 5.43 Å². The molecular weight excluding hydrogens is 404 g/mol. The normalized spacial score (nSPS) is 10.6. The van der Waals surface area contributed by atoms with Crippen molar-refractivity contribution < 1.29 is 23.8 Å². The van der Waals surface area contributed by atoms with Crippen molar-refractivity contribution in [2.24, 2.45) is 5.10 Å². The van der Waals surface area contributed by atoms with Crippen LogP contribution in [0.2, 0.25) is 0 Å². The van der Waals surface area contributed by atoms with E-state index in [0.717, 1.165) is 0 Å². The molecule has 1 aromatic heterocycles. The Balaban J connectivity index is 1.58. The molecule has 154 valence electrons. The van der Waals surface area contributed by atoms with Crippen molar-refractivity contribution in [2.75, 3.05) is 13.2 Å². The van der Waals surface area contributed by atoms with Gasteiger partial charge in [0.2, 0.25) is 0 Å². The van der Waals surface area contributed by atoms with Crippen LogP contribution in [0.15, 0.2) is 71.1 Å². The lowest BCUT2D eigenvalue weighted by molar-refractivity contribution is -0.123. The number of hydrazone groups is 1. The Bertz CT molecular complexity index is 1000. The van der Waals surface area contributed by atoms with E-state index in [2.05, 4.69) is 10.5 Å². The number of nitrogens with one attached hydrogen (secondary N) is 1. The first-order valence-electron chi connectivity index (χ1n) is 9.18. The van der Waals surface area contributed by atoms with E-state index in [1.807, 2.05) is 25.1 Å². The number of nitrogens with zero attached hydrogens (tertiary/aromatic N) is 1. The highest BCUT2D eigenvalue weighted by molar-refractivity contribution is 7.12. The summed E-state index contributed by atoms with van der Waals surface area (Å²) in [7, 11) is 0. The van der Waals surface area contributed by atoms with Crippen LogP contribution in [0.5, 0.6) is 17.2 Å². The molecule has 0 aliphatic rings. The molecule has 0 atom stereocenters. The van der Waals surface area contributed by atoms with Gasteiger partial charge in [0.25, 0.3) is 5.91 Å². The fraction of sp³-hybridized carbons (Fsp3) is 0.136. The molecule has 1 N–H and O–H groups in total. The van der Waals surface area contributed by atoms with E-state index in [1.165, 1.54) is 17.6 Å². The summed E-state index contributed by atoms with van der Waals surface area (Å²) in [5, 5.41) is 5.72. The summed E-state index contributed by atoms with van der Waals surface area (Å²) < 4.78 is 16.3. The molecule has 0 bridgehead atoms. The maximum absolute atomic E-state index is 12.2. The number of carbonyl (C=O) groups excluding carboxylic acids is 2. The number of para-hydroxylation sites is 1. The van der Waals surface area contributed by atoms with Crippen LogP contribution in [0, 0.1) is 0 Å². The van der Waals surface area contributed by atoms with Gasteiger partial charge in [0.05, 0.1) is 12.8 Å². The van der Waals surface area contributed by atoms with Gasteiger partial charge in [0, 0.05) is 0 Å². The van der Waals surface area contributed by atoms with E-state index in [0.29, 0.717) is 34.3 Å². The van der Waals surface area contributed by atoms with Gasteiger partial charge in [0.1, 0.15) is 10.6 Å². The molecule has 7 nitrogen and oxygen atoms in total. The summed E-state index contributed by atoms with van der Waals surface area (Å²) in [6.07, 6.45) is 1.47. The Morgan fingerprint density at radius 1 is 1.03 bits per heavy atom. The monoisotopic (exact) mass is 424 g/mol. The first-order chi connectivity index (χ1) is 14.7. The summed E-state index contributed by atoms with van der Waals surface area (Å²) in [6.45, 7) is 2.08. The minimum Gasteiger partial charge on any atom is -0.490 e. The van der Waals surface area contributed by atoms with Gasteiger partial charge >= 0.3 is 5.97 Å². The number of ether oxygens (including phenoxy) is 3. The number of hydrogen-bond acceptors (Lipinski definition) is 7. The summed E-state index contributed by atoms with van der Waals surface area (Å²) in [5.41, 5.74) is 3.06. The molecule has 0 spiro atoms. The molecule has 3 rings (SSSR count). The van der Waals surface area contributed by atoms with Crippen molar-refractivity contribution in [1.29, 1.82) is 0 Å². The van der Waals surface area contributed by atoms with E-state index in [-0.39, 0.29) is 12.5 Å². The maximum atomic E-state index is 12.2. The number of esters is 1. The van der Waals surface area contributed by atoms with Crippen LogP contribution in [0.1, 0.15) is 22.2 Å². The van der Waals surface area contributed by atoms with E-state index in [9.17, 15) is 9.59 Å². The predicted molar refractivity (Wildman–Crippen MR) is 115 cm³/mol. The Kier molecular flexibility index (Phi) is 7.57. The van der Waals surface area contributed by atoms with Crippen molar-refractivity contribution in [2.45, 2.75) is 6.92 Å². The molecule has 3 aromatic rings. The van der Waals surface area contributed by atoms with Crippen LogP contribution in [0.3, 0.4) is 0 Å². The highest BCUT2D eigenvalue weighted by atomic mass is 32.1. The van der Waals surface area contributed by atoms with Gasteiger partial charge in [0.15, 0.2) is 18.1 Å². The molecule has 0 aliphatic carbocycles. The number of benzene rings is 2. The van der Waals surface area contributed by atoms with E-state index in [1.54, 1.807) is 47.8 Å². The Labute approximate surface area is 177 Å². The zero-order valence-corrected chi connectivity index (χ0v) is 17.1. The third-order valence-electron chi connectivity index (χ3n) is 3.71. The molecular formula is C22H20N2O5S. The minimum atomic E-state index is -0.446. The standard InChI is InChI=1S/C22H20N2O5S/c1-2-27-19-13-16(10-11-18(19)29-22(26)20-9-6-12-30-20)14-23-24-21(25)15-28-17-7-4-3-5-8-17/h3-14H,2,15H2,1H3,(H,24,25)/b23-14-. The number of thiophene rings is 1. The van der Waals surface area contributed by atoms with Gasteiger partial charge in [-0.1, -0.05) is 24.3 Å². The van der Waals surface area contributed by atoms with Gasteiger partial charge in [-0.25, -0.2) is 10.2 Å². The smallest absolute Gasteiger partial charge is 0.353 e. The highest BCUT2D eigenvalue weighted by Crippen LogP contribution is 2.29. The second kappa shape index (κ2) is 10.8. The fourth-order valence-corrected chi connectivity index (χ4v) is 2.98. The number of hydrogen-bond donors (Lipinski definition) is 1. The molecule has 2 aromatic carbocycles.